The minimum absolute atomic E-state index is 0.127. The Labute approximate surface area is 143 Å². The quantitative estimate of drug-likeness (QED) is 0.817. The van der Waals surface area contributed by atoms with E-state index < -0.39 is 5.60 Å². The van der Waals surface area contributed by atoms with Crippen LogP contribution in [-0.4, -0.2) is 29.8 Å². The lowest BCUT2D eigenvalue weighted by molar-refractivity contribution is -0.178. The molecule has 0 aliphatic heterocycles. The third-order valence-electron chi connectivity index (χ3n) is 6.19. The molecular formula is C20H27NO3. The van der Waals surface area contributed by atoms with Crippen molar-refractivity contribution in [2.45, 2.75) is 51.0 Å². The van der Waals surface area contributed by atoms with Gasteiger partial charge in [0.15, 0.2) is 0 Å². The van der Waals surface area contributed by atoms with Crippen molar-refractivity contribution < 1.29 is 14.6 Å². The highest BCUT2D eigenvalue weighted by Gasteiger charge is 2.59. The van der Waals surface area contributed by atoms with Crippen LogP contribution in [0.5, 0.6) is 5.75 Å². The predicted molar refractivity (Wildman–Crippen MR) is 91.7 cm³/mol. The number of carbonyl (C=O) groups is 1. The first-order valence-corrected chi connectivity index (χ1v) is 9.17. The largest absolute Gasteiger partial charge is 0.492 e. The van der Waals surface area contributed by atoms with Crippen LogP contribution in [0.25, 0.3) is 0 Å². The van der Waals surface area contributed by atoms with Crippen LogP contribution in [-0.2, 0) is 4.79 Å². The molecule has 24 heavy (non-hydrogen) atoms. The number of nitrogens with one attached hydrogen (secondary N) is 1. The number of hydrogen-bond donors (Lipinski definition) is 2. The van der Waals surface area contributed by atoms with Crippen molar-refractivity contribution in [2.75, 3.05) is 13.2 Å². The van der Waals surface area contributed by atoms with E-state index in [4.69, 9.17) is 4.74 Å². The average molecular weight is 329 g/mol. The molecule has 4 heteroatoms. The van der Waals surface area contributed by atoms with E-state index in [1.54, 1.807) is 0 Å². The molecule has 0 radical (unpaired) electrons. The number of amides is 1. The summed E-state index contributed by atoms with van der Waals surface area (Å²) < 4.78 is 5.69. The van der Waals surface area contributed by atoms with Gasteiger partial charge in [-0.05, 0) is 69.4 Å². The lowest BCUT2D eigenvalue weighted by Gasteiger charge is -2.59. The third-order valence-corrected chi connectivity index (χ3v) is 6.19. The molecule has 4 nitrogen and oxygen atoms in total. The Bertz CT molecular complexity index is 610. The lowest BCUT2D eigenvalue weighted by atomic mass is 9.47. The number of aliphatic hydroxyl groups is 1. The molecule has 4 bridgehead atoms. The van der Waals surface area contributed by atoms with E-state index in [-0.39, 0.29) is 11.3 Å². The molecule has 4 aliphatic carbocycles. The number of aryl methyl sites for hydroxylation is 1. The van der Waals surface area contributed by atoms with Gasteiger partial charge in [-0.1, -0.05) is 17.7 Å². The van der Waals surface area contributed by atoms with Crippen molar-refractivity contribution in [1.29, 1.82) is 0 Å². The van der Waals surface area contributed by atoms with Gasteiger partial charge < -0.3 is 15.2 Å². The van der Waals surface area contributed by atoms with Crippen molar-refractivity contribution in [3.05, 3.63) is 29.8 Å². The number of hydrogen-bond acceptors (Lipinski definition) is 3. The van der Waals surface area contributed by atoms with Crippen LogP contribution >= 0.6 is 0 Å². The zero-order valence-corrected chi connectivity index (χ0v) is 14.4. The molecule has 5 rings (SSSR count). The first-order chi connectivity index (χ1) is 11.5. The summed E-state index contributed by atoms with van der Waals surface area (Å²) in [6, 6.07) is 7.94. The minimum atomic E-state index is -0.584. The van der Waals surface area contributed by atoms with Gasteiger partial charge in [0.2, 0.25) is 5.91 Å². The molecular weight excluding hydrogens is 302 g/mol. The first-order valence-electron chi connectivity index (χ1n) is 9.17. The van der Waals surface area contributed by atoms with Gasteiger partial charge in [-0.2, -0.15) is 0 Å². The predicted octanol–water partition coefficient (Wildman–Crippen LogP) is 2.82. The molecule has 0 aromatic heterocycles. The highest BCUT2D eigenvalue weighted by Crippen LogP contribution is 2.61. The molecule has 2 N–H and O–H groups in total. The Morgan fingerprint density at radius 2 is 1.88 bits per heavy atom. The number of ether oxygens (including phenoxy) is 1. The first kappa shape index (κ1) is 15.9. The van der Waals surface area contributed by atoms with Gasteiger partial charge in [-0.3, -0.25) is 4.79 Å². The van der Waals surface area contributed by atoms with E-state index >= 15 is 0 Å². The maximum atomic E-state index is 12.8. The summed E-state index contributed by atoms with van der Waals surface area (Å²) in [5, 5.41) is 13.8. The van der Waals surface area contributed by atoms with Crippen molar-refractivity contribution in [1.82, 2.24) is 5.32 Å². The molecule has 4 fully saturated rings. The van der Waals surface area contributed by atoms with Gasteiger partial charge in [-0.15, -0.1) is 0 Å². The van der Waals surface area contributed by atoms with Crippen LogP contribution in [0.1, 0.15) is 44.1 Å². The Hall–Kier alpha value is -1.55. The van der Waals surface area contributed by atoms with Crippen LogP contribution in [0.2, 0.25) is 0 Å². The van der Waals surface area contributed by atoms with Gasteiger partial charge in [0.25, 0.3) is 0 Å². The second-order valence-corrected chi connectivity index (χ2v) is 8.38. The van der Waals surface area contributed by atoms with E-state index in [0.717, 1.165) is 31.4 Å². The fourth-order valence-corrected chi connectivity index (χ4v) is 5.64. The second kappa shape index (κ2) is 5.76. The van der Waals surface area contributed by atoms with E-state index in [9.17, 15) is 9.90 Å². The third kappa shape index (κ3) is 2.92. The topological polar surface area (TPSA) is 58.6 Å². The molecule has 4 aliphatic rings. The molecule has 1 aromatic rings. The van der Waals surface area contributed by atoms with Crippen molar-refractivity contribution in [3.63, 3.8) is 0 Å². The Morgan fingerprint density at radius 1 is 1.21 bits per heavy atom. The Kier molecular flexibility index (Phi) is 3.83. The molecule has 0 saturated heterocycles. The molecule has 0 unspecified atom stereocenters. The highest BCUT2D eigenvalue weighted by atomic mass is 16.5. The Morgan fingerprint density at radius 3 is 2.50 bits per heavy atom. The van der Waals surface area contributed by atoms with Crippen LogP contribution in [0.4, 0.5) is 0 Å². The zero-order chi connectivity index (χ0) is 16.8. The van der Waals surface area contributed by atoms with Crippen molar-refractivity contribution in [3.8, 4) is 5.75 Å². The van der Waals surface area contributed by atoms with Gasteiger partial charge in [-0.25, -0.2) is 0 Å². The minimum Gasteiger partial charge on any atom is -0.492 e. The molecule has 1 amide bonds. The Balaban J connectivity index is 1.31. The van der Waals surface area contributed by atoms with Crippen LogP contribution in [0.3, 0.4) is 0 Å². The normalized spacial score (nSPS) is 36.6. The lowest BCUT2D eigenvalue weighted by Crippen LogP contribution is -2.60. The SMILES string of the molecule is Cc1ccc(OCCNC(=O)C23C[C@H]4C[C@@H](CC(O)(C4)C2)C3)cc1. The molecule has 130 valence electrons. The molecule has 0 heterocycles. The van der Waals surface area contributed by atoms with Gasteiger partial charge in [0.1, 0.15) is 12.4 Å². The van der Waals surface area contributed by atoms with Crippen LogP contribution < -0.4 is 10.1 Å². The summed E-state index contributed by atoms with van der Waals surface area (Å²) in [4.78, 5) is 12.8. The summed E-state index contributed by atoms with van der Waals surface area (Å²) in [5.74, 6) is 2.03. The summed E-state index contributed by atoms with van der Waals surface area (Å²) in [6.07, 6.45) is 5.56. The molecule has 2 atom stereocenters. The van der Waals surface area contributed by atoms with Gasteiger partial charge >= 0.3 is 0 Å². The average Bonchev–Trinajstić information content (AvgIpc) is 2.50. The van der Waals surface area contributed by atoms with E-state index in [2.05, 4.69) is 5.32 Å². The monoisotopic (exact) mass is 329 g/mol. The zero-order valence-electron chi connectivity index (χ0n) is 14.4. The van der Waals surface area contributed by atoms with Gasteiger partial charge in [0.05, 0.1) is 17.6 Å². The number of benzene rings is 1. The summed E-state index contributed by atoms with van der Waals surface area (Å²) >= 11 is 0. The maximum Gasteiger partial charge on any atom is 0.226 e. The van der Waals surface area contributed by atoms with Crippen molar-refractivity contribution in [2.24, 2.45) is 17.3 Å². The molecule has 1 aromatic carbocycles. The number of rotatable bonds is 5. The van der Waals surface area contributed by atoms with Crippen LogP contribution in [0, 0.1) is 24.2 Å². The van der Waals surface area contributed by atoms with Gasteiger partial charge in [0, 0.05) is 0 Å². The summed E-state index contributed by atoms with van der Waals surface area (Å²) in [6.45, 7) is 3.04. The van der Waals surface area contributed by atoms with E-state index in [0.29, 0.717) is 31.4 Å². The molecule has 4 saturated carbocycles. The van der Waals surface area contributed by atoms with Crippen molar-refractivity contribution >= 4 is 5.91 Å². The highest BCUT2D eigenvalue weighted by molar-refractivity contribution is 5.83. The maximum absolute atomic E-state index is 12.8. The second-order valence-electron chi connectivity index (χ2n) is 8.38. The smallest absolute Gasteiger partial charge is 0.226 e. The summed E-state index contributed by atoms with van der Waals surface area (Å²) in [7, 11) is 0. The fourth-order valence-electron chi connectivity index (χ4n) is 5.64. The fraction of sp³-hybridized carbons (Fsp3) is 0.650. The number of carbonyl (C=O) groups excluding carboxylic acids is 1. The summed E-state index contributed by atoms with van der Waals surface area (Å²) in [5.41, 5.74) is 0.290. The molecule has 0 spiro atoms. The van der Waals surface area contributed by atoms with Crippen LogP contribution in [0.15, 0.2) is 24.3 Å². The van der Waals surface area contributed by atoms with E-state index in [1.807, 2.05) is 31.2 Å². The standard InChI is InChI=1S/C20H27NO3/c1-14-2-4-17(5-3-14)24-7-6-21-18(22)19-9-15-8-16(10-19)12-20(23,11-15)13-19/h2-5,15-16,23H,6-13H2,1H3,(H,21,22)/t15-,16-,19?,20?/m1/s1. The van der Waals surface area contributed by atoms with E-state index in [1.165, 1.54) is 12.0 Å².